The number of nitrogen functional groups attached to an aromatic ring is 1. The minimum atomic E-state index is -0.396. The Balaban J connectivity index is 0.000000186. The van der Waals surface area contributed by atoms with Crippen LogP contribution in [0.2, 0.25) is 0 Å². The highest BCUT2D eigenvalue weighted by Gasteiger charge is 2.17. The molecule has 0 saturated carbocycles. The van der Waals surface area contributed by atoms with Crippen molar-refractivity contribution in [3.05, 3.63) is 88.9 Å². The van der Waals surface area contributed by atoms with Crippen LogP contribution < -0.4 is 34.4 Å². The van der Waals surface area contributed by atoms with Crippen molar-refractivity contribution in [1.82, 2.24) is 10.2 Å². The predicted molar refractivity (Wildman–Crippen MR) is 115 cm³/mol. The third-order valence-electron chi connectivity index (χ3n) is 4.16. The summed E-state index contributed by atoms with van der Waals surface area (Å²) in [6.45, 7) is 7.66. The minimum Gasteiger partial charge on any atom is -0.739 e. The van der Waals surface area contributed by atoms with Gasteiger partial charge in [0.1, 0.15) is 24.7 Å². The van der Waals surface area contributed by atoms with Crippen molar-refractivity contribution in [3.8, 4) is 11.5 Å². The summed E-state index contributed by atoms with van der Waals surface area (Å²) in [6, 6.07) is 9.03. The molecule has 13 heteroatoms. The number of nitrogens with zero attached hydrogens (tertiary/aromatic N) is 6. The molecule has 0 radical (unpaired) electrons. The van der Waals surface area contributed by atoms with E-state index >= 15 is 0 Å². The van der Waals surface area contributed by atoms with E-state index in [2.05, 4.69) is 23.4 Å². The Hall–Kier alpha value is -4.94. The predicted octanol–water partition coefficient (Wildman–Crippen LogP) is -0.285. The van der Waals surface area contributed by atoms with Gasteiger partial charge in [-0.3, -0.25) is 5.73 Å². The highest BCUT2D eigenvalue weighted by Crippen LogP contribution is 2.16. The van der Waals surface area contributed by atoms with Crippen molar-refractivity contribution in [2.24, 2.45) is 0 Å². The summed E-state index contributed by atoms with van der Waals surface area (Å²) in [5, 5.41) is 52.3. The third kappa shape index (κ3) is 5.04. The van der Waals surface area contributed by atoms with Crippen LogP contribution in [-0.2, 0) is 0 Å². The first-order valence-corrected chi connectivity index (χ1v) is 9.37. The van der Waals surface area contributed by atoms with Crippen LogP contribution in [0.4, 0.5) is 5.95 Å². The highest BCUT2D eigenvalue weighted by molar-refractivity contribution is 5.70. The minimum absolute atomic E-state index is 0.0933. The monoisotopic (exact) mass is 453 g/mol. The van der Waals surface area contributed by atoms with Crippen LogP contribution in [0.15, 0.2) is 68.0 Å². The molecule has 4 aromatic rings. The average molecular weight is 453 g/mol. The molecule has 0 saturated heterocycles. The molecule has 0 aliphatic heterocycles. The smallest absolute Gasteiger partial charge is 0.458 e. The topological polar surface area (TPSA) is 178 Å². The molecule has 0 bridgehead atoms. The second kappa shape index (κ2) is 9.91. The molecule has 0 amide bonds. The van der Waals surface area contributed by atoms with Crippen LogP contribution in [0, 0.1) is 20.8 Å². The Labute approximate surface area is 186 Å². The summed E-state index contributed by atoms with van der Waals surface area (Å²) in [4.78, 5) is 0.671. The van der Waals surface area contributed by atoms with E-state index in [0.29, 0.717) is 43.9 Å². The van der Waals surface area contributed by atoms with Gasteiger partial charge in [-0.05, 0) is 24.3 Å². The number of hydrogen-bond donors (Lipinski definition) is 1. The molecule has 0 fully saturated rings. The largest absolute Gasteiger partial charge is 0.739 e. The molecular formula is C20H19N7O6. The fourth-order valence-electron chi connectivity index (χ4n) is 2.69. The van der Waals surface area contributed by atoms with Gasteiger partial charge in [0.05, 0.1) is 17.0 Å². The lowest BCUT2D eigenvalue weighted by Gasteiger charge is -2.08. The van der Waals surface area contributed by atoms with Gasteiger partial charge in [0.2, 0.25) is 15.7 Å². The van der Waals surface area contributed by atoms with E-state index in [1.165, 1.54) is 24.3 Å². The standard InChI is InChI=1S/C10H10N4O3.C10H9N3O3/c1-2-5-17-7-3-4-8-9(6-7)14(16)12-10(11)13(8)15;1-2-5-16-8-3-4-9-10(6-8)13(15)11-7-12(9)14/h2-4,6H,1,5H2,(H2,11,12);2-4,6-7H,1,5H2. The maximum atomic E-state index is 11.5. The summed E-state index contributed by atoms with van der Waals surface area (Å²) in [6.07, 6.45) is 4.08. The Morgan fingerprint density at radius 1 is 0.818 bits per heavy atom. The molecule has 0 aliphatic rings. The van der Waals surface area contributed by atoms with Crippen molar-refractivity contribution < 1.29 is 28.6 Å². The number of hydrogen-bond acceptors (Lipinski definition) is 9. The van der Waals surface area contributed by atoms with E-state index in [0.717, 1.165) is 6.33 Å². The van der Waals surface area contributed by atoms with Gasteiger partial charge < -0.3 is 30.3 Å². The molecule has 33 heavy (non-hydrogen) atoms. The van der Waals surface area contributed by atoms with E-state index in [1.807, 2.05) is 0 Å². The first kappa shape index (κ1) is 22.7. The Kier molecular flexibility index (Phi) is 6.83. The highest BCUT2D eigenvalue weighted by atomic mass is 16.5. The van der Waals surface area contributed by atoms with Crippen LogP contribution in [0.5, 0.6) is 11.5 Å². The van der Waals surface area contributed by atoms with Crippen LogP contribution in [-0.4, -0.2) is 23.4 Å². The summed E-state index contributed by atoms with van der Waals surface area (Å²) in [5.74, 6) is 0.547. The van der Waals surface area contributed by atoms with E-state index in [4.69, 9.17) is 15.2 Å². The number of anilines is 1. The van der Waals surface area contributed by atoms with E-state index < -0.39 is 5.95 Å². The molecule has 13 nitrogen and oxygen atoms in total. The van der Waals surface area contributed by atoms with Crippen LogP contribution >= 0.6 is 0 Å². The van der Waals surface area contributed by atoms with Gasteiger partial charge in [-0.2, -0.15) is 0 Å². The maximum Gasteiger partial charge on any atom is 0.458 e. The van der Waals surface area contributed by atoms with Crippen molar-refractivity contribution in [2.75, 3.05) is 18.9 Å². The SMILES string of the molecule is C=CCOc1ccc2c(c1)[n+]([O-])nc(N)[n+]2[O-].C=CCOc1ccc2c(c1)[n+]([O-])nc[n+]2[O-]. The van der Waals surface area contributed by atoms with Crippen molar-refractivity contribution in [1.29, 1.82) is 0 Å². The van der Waals surface area contributed by atoms with Crippen LogP contribution in [0.25, 0.3) is 22.1 Å². The van der Waals surface area contributed by atoms with Gasteiger partial charge in [0.15, 0.2) is 5.52 Å². The van der Waals surface area contributed by atoms with Crippen LogP contribution in [0.3, 0.4) is 0 Å². The van der Waals surface area contributed by atoms with Gasteiger partial charge in [0.25, 0.3) is 0 Å². The van der Waals surface area contributed by atoms with Gasteiger partial charge in [-0.1, -0.05) is 25.3 Å². The Bertz CT molecular complexity index is 1330. The zero-order chi connectivity index (χ0) is 24.0. The number of aromatic nitrogens is 6. The molecule has 0 unspecified atom stereocenters. The zero-order valence-electron chi connectivity index (χ0n) is 17.2. The van der Waals surface area contributed by atoms with Gasteiger partial charge in [-0.25, -0.2) is 9.46 Å². The molecule has 0 spiro atoms. The molecular weight excluding hydrogens is 434 g/mol. The number of nitrogens with two attached hydrogens (primary N) is 1. The second-order valence-electron chi connectivity index (χ2n) is 6.36. The normalized spacial score (nSPS) is 10.3. The molecule has 2 aromatic heterocycles. The lowest BCUT2D eigenvalue weighted by atomic mass is 10.3. The van der Waals surface area contributed by atoms with Crippen LogP contribution in [0.1, 0.15) is 0 Å². The van der Waals surface area contributed by atoms with E-state index in [9.17, 15) is 20.8 Å². The first-order chi connectivity index (χ1) is 15.8. The Morgan fingerprint density at radius 3 is 1.94 bits per heavy atom. The molecule has 0 atom stereocenters. The lowest BCUT2D eigenvalue weighted by molar-refractivity contribution is -0.680. The number of ether oxygens (including phenoxy) is 2. The molecule has 4 rings (SSSR count). The number of fused-ring (bicyclic) bond motifs is 2. The van der Waals surface area contributed by atoms with E-state index in [1.54, 1.807) is 24.3 Å². The number of rotatable bonds is 6. The van der Waals surface area contributed by atoms with Crippen molar-refractivity contribution in [3.63, 3.8) is 0 Å². The summed E-state index contributed by atoms with van der Waals surface area (Å²) in [5.41, 5.74) is 5.92. The molecule has 2 aromatic carbocycles. The summed E-state index contributed by atoms with van der Waals surface area (Å²) in [7, 11) is 0. The van der Waals surface area contributed by atoms with Gasteiger partial charge >= 0.3 is 23.3 Å². The zero-order valence-corrected chi connectivity index (χ0v) is 17.2. The molecule has 0 aliphatic carbocycles. The molecule has 170 valence electrons. The first-order valence-electron chi connectivity index (χ1n) is 9.37. The lowest BCUT2D eigenvalue weighted by Crippen LogP contribution is -2.44. The van der Waals surface area contributed by atoms with Crippen molar-refractivity contribution in [2.45, 2.75) is 0 Å². The third-order valence-corrected chi connectivity index (χ3v) is 4.16. The fourth-order valence-corrected chi connectivity index (χ4v) is 2.69. The maximum absolute atomic E-state index is 11.5. The average Bonchev–Trinajstić information content (AvgIpc) is 2.82. The fraction of sp³-hybridized carbons (Fsp3) is 0.100. The van der Waals surface area contributed by atoms with Gasteiger partial charge in [-0.15, -0.1) is 0 Å². The number of benzene rings is 2. The van der Waals surface area contributed by atoms with Gasteiger partial charge in [0, 0.05) is 4.85 Å². The summed E-state index contributed by atoms with van der Waals surface area (Å²) >= 11 is 0. The summed E-state index contributed by atoms with van der Waals surface area (Å²) < 4.78 is 11.4. The molecule has 2 N–H and O–H groups in total. The van der Waals surface area contributed by atoms with E-state index in [-0.39, 0.29) is 22.1 Å². The Morgan fingerprint density at radius 2 is 1.36 bits per heavy atom. The second-order valence-corrected chi connectivity index (χ2v) is 6.36. The quantitative estimate of drug-likeness (QED) is 0.233. The van der Waals surface area contributed by atoms with Crippen molar-refractivity contribution >= 4 is 28.0 Å². The molecule has 2 heterocycles.